The van der Waals surface area contributed by atoms with Crippen molar-refractivity contribution >= 4 is 27.8 Å². The number of ether oxygens (including phenoxy) is 2. The number of hydrogen-bond acceptors (Lipinski definition) is 8. The molecule has 11 heteroatoms. The van der Waals surface area contributed by atoms with Gasteiger partial charge in [0, 0.05) is 12.7 Å². The fraction of sp³-hybridized carbons (Fsp3) is 0.259. The number of aromatic nitrogens is 1. The van der Waals surface area contributed by atoms with Gasteiger partial charge in [-0.3, -0.25) is 9.59 Å². The zero-order valence-corrected chi connectivity index (χ0v) is 21.9. The summed E-state index contributed by atoms with van der Waals surface area (Å²) >= 11 is 0. The largest absolute Gasteiger partial charge is 0.484 e. The van der Waals surface area contributed by atoms with Gasteiger partial charge in [0.15, 0.2) is 6.61 Å². The fourth-order valence-electron chi connectivity index (χ4n) is 3.11. The quantitative estimate of drug-likeness (QED) is 0.335. The number of esters is 1. The van der Waals surface area contributed by atoms with E-state index in [0.717, 1.165) is 11.8 Å². The van der Waals surface area contributed by atoms with Crippen molar-refractivity contribution in [3.63, 3.8) is 0 Å². The van der Waals surface area contributed by atoms with Gasteiger partial charge < -0.3 is 14.8 Å². The topological polar surface area (TPSA) is 141 Å². The van der Waals surface area contributed by atoms with Gasteiger partial charge in [0.1, 0.15) is 11.4 Å². The van der Waals surface area contributed by atoms with Crippen molar-refractivity contribution in [2.24, 2.45) is 0 Å². The number of carbonyl (C=O) groups is 3. The molecule has 0 unspecified atom stereocenters. The number of benzene rings is 2. The van der Waals surface area contributed by atoms with E-state index >= 15 is 0 Å². The molecular weight excluding hydrogens is 510 g/mol. The molecule has 1 heterocycles. The van der Waals surface area contributed by atoms with E-state index in [2.05, 4.69) is 10.3 Å². The third kappa shape index (κ3) is 8.41. The number of hydrogen-bond donors (Lipinski definition) is 2. The average Bonchev–Trinajstić information content (AvgIpc) is 2.92. The van der Waals surface area contributed by atoms with Gasteiger partial charge in [-0.1, -0.05) is 37.3 Å². The average molecular weight is 540 g/mol. The van der Waals surface area contributed by atoms with E-state index in [1.807, 2.05) is 29.8 Å². The molecule has 0 radical (unpaired) electrons. The van der Waals surface area contributed by atoms with Gasteiger partial charge in [0.25, 0.3) is 21.8 Å². The number of rotatable bonds is 12. The Morgan fingerprint density at radius 2 is 1.68 bits per heavy atom. The fourth-order valence-corrected chi connectivity index (χ4v) is 4.09. The van der Waals surface area contributed by atoms with Crippen LogP contribution in [0.4, 0.5) is 0 Å². The Kier molecular flexibility index (Phi) is 9.94. The molecule has 3 rings (SSSR count). The van der Waals surface area contributed by atoms with Gasteiger partial charge >= 0.3 is 5.97 Å². The molecule has 2 aromatic carbocycles. The first-order valence-corrected chi connectivity index (χ1v) is 13.4. The van der Waals surface area contributed by atoms with Gasteiger partial charge in [0.2, 0.25) is 0 Å². The highest BCUT2D eigenvalue weighted by molar-refractivity contribution is 7.90. The number of nitrogens with one attached hydrogen (secondary N) is 2. The van der Waals surface area contributed by atoms with Gasteiger partial charge in [0.05, 0.1) is 16.6 Å². The predicted molar refractivity (Wildman–Crippen MR) is 139 cm³/mol. The molecule has 0 saturated carbocycles. The molecule has 0 aliphatic carbocycles. The summed E-state index contributed by atoms with van der Waals surface area (Å²) in [5, 5.41) is 2.74. The third-order valence-electron chi connectivity index (χ3n) is 5.43. The Labute approximate surface area is 221 Å². The van der Waals surface area contributed by atoms with Crippen LogP contribution in [0.5, 0.6) is 5.75 Å². The molecule has 38 heavy (non-hydrogen) atoms. The van der Waals surface area contributed by atoms with Crippen LogP contribution in [0, 0.1) is 0 Å². The van der Waals surface area contributed by atoms with Crippen molar-refractivity contribution in [1.29, 1.82) is 0 Å². The molecule has 0 aliphatic heterocycles. The van der Waals surface area contributed by atoms with E-state index in [4.69, 9.17) is 9.47 Å². The first kappa shape index (κ1) is 28.3. The van der Waals surface area contributed by atoms with E-state index in [9.17, 15) is 22.8 Å². The summed E-state index contributed by atoms with van der Waals surface area (Å²) < 4.78 is 37.9. The second-order valence-corrected chi connectivity index (χ2v) is 10.0. The lowest BCUT2D eigenvalue weighted by atomic mass is 10.1. The molecule has 2 N–H and O–H groups in total. The Hall–Kier alpha value is -4.25. The molecule has 0 saturated heterocycles. The zero-order valence-electron chi connectivity index (χ0n) is 21.0. The van der Waals surface area contributed by atoms with Crippen molar-refractivity contribution in [3.8, 4) is 5.75 Å². The lowest BCUT2D eigenvalue weighted by Crippen LogP contribution is -2.31. The van der Waals surface area contributed by atoms with Crippen LogP contribution in [-0.2, 0) is 26.0 Å². The van der Waals surface area contributed by atoms with E-state index in [0.29, 0.717) is 25.1 Å². The van der Waals surface area contributed by atoms with Gasteiger partial charge in [-0.05, 0) is 61.7 Å². The Bertz CT molecular complexity index is 1340. The van der Waals surface area contributed by atoms with Crippen LogP contribution in [0.3, 0.4) is 0 Å². The number of para-hydroxylation sites is 1. The van der Waals surface area contributed by atoms with Crippen LogP contribution in [0.25, 0.3) is 0 Å². The molecule has 200 valence electrons. The van der Waals surface area contributed by atoms with Crippen LogP contribution in [0.2, 0.25) is 0 Å². The Morgan fingerprint density at radius 1 is 0.974 bits per heavy atom. The number of sulfonamides is 1. The molecule has 3 aromatic rings. The second kappa shape index (κ2) is 13.3. The summed E-state index contributed by atoms with van der Waals surface area (Å²) in [4.78, 5) is 40.2. The first-order valence-electron chi connectivity index (χ1n) is 12.0. The number of nitrogens with zero attached hydrogens (tertiary/aromatic N) is 1. The number of carbonyl (C=O) groups excluding carboxylic acids is 3. The molecule has 0 aliphatic rings. The summed E-state index contributed by atoms with van der Waals surface area (Å²) in [5.74, 6) is -1.18. The van der Waals surface area contributed by atoms with Crippen molar-refractivity contribution in [1.82, 2.24) is 15.0 Å². The molecule has 1 aromatic heterocycles. The third-order valence-corrected chi connectivity index (χ3v) is 6.77. The normalized spacial score (nSPS) is 11.7. The highest BCUT2D eigenvalue weighted by Crippen LogP contribution is 2.13. The molecule has 1 atom stereocenters. The maximum atomic E-state index is 12.7. The first-order chi connectivity index (χ1) is 18.2. The molecule has 0 fully saturated rings. The van der Waals surface area contributed by atoms with Gasteiger partial charge in [-0.2, -0.15) is 0 Å². The van der Waals surface area contributed by atoms with Crippen LogP contribution in [0.15, 0.2) is 77.8 Å². The summed E-state index contributed by atoms with van der Waals surface area (Å²) in [6, 6.07) is 17.5. The van der Waals surface area contributed by atoms with E-state index in [-0.39, 0.29) is 34.8 Å². The lowest BCUT2D eigenvalue weighted by Gasteiger charge is -2.11. The van der Waals surface area contributed by atoms with E-state index in [1.165, 1.54) is 24.3 Å². The van der Waals surface area contributed by atoms with Gasteiger partial charge in [-0.25, -0.2) is 22.9 Å². The van der Waals surface area contributed by atoms with Crippen LogP contribution in [-0.4, -0.2) is 50.4 Å². The SMILES string of the molecule is CC[C@@H](C)OC(=O)c1ccc(C(=O)NS(=O)(=O)c2ccc(CCNC(=O)COc3ccccc3)cc2)cn1. The summed E-state index contributed by atoms with van der Waals surface area (Å²) in [6.45, 7) is 3.85. The van der Waals surface area contributed by atoms with Crippen molar-refractivity contribution in [2.45, 2.75) is 37.7 Å². The maximum absolute atomic E-state index is 12.7. The monoisotopic (exact) mass is 539 g/mol. The highest BCUT2D eigenvalue weighted by atomic mass is 32.2. The van der Waals surface area contributed by atoms with E-state index in [1.54, 1.807) is 31.2 Å². The minimum atomic E-state index is -4.14. The van der Waals surface area contributed by atoms with Crippen LogP contribution >= 0.6 is 0 Å². The van der Waals surface area contributed by atoms with Crippen molar-refractivity contribution in [3.05, 3.63) is 89.7 Å². The van der Waals surface area contributed by atoms with Crippen LogP contribution < -0.4 is 14.8 Å². The highest BCUT2D eigenvalue weighted by Gasteiger charge is 2.20. The van der Waals surface area contributed by atoms with E-state index < -0.39 is 21.9 Å². The standard InChI is InChI=1S/C27H29N3O7S/c1-3-19(2)37-27(33)24-14-11-21(17-29-24)26(32)30-38(34,35)23-12-9-20(10-13-23)15-16-28-25(31)18-36-22-7-5-4-6-8-22/h4-14,17,19H,3,15-16,18H2,1-2H3,(H,28,31)(H,30,32)/t19-/m1/s1. The zero-order chi connectivity index (χ0) is 27.5. The Balaban J connectivity index is 1.48. The number of pyridine rings is 1. The minimum absolute atomic E-state index is 0.0141. The van der Waals surface area contributed by atoms with Crippen LogP contribution in [0.1, 0.15) is 46.7 Å². The lowest BCUT2D eigenvalue weighted by molar-refractivity contribution is -0.123. The molecule has 0 bridgehead atoms. The Morgan fingerprint density at radius 3 is 2.32 bits per heavy atom. The van der Waals surface area contributed by atoms with Gasteiger partial charge in [-0.15, -0.1) is 0 Å². The molecule has 0 spiro atoms. The summed E-state index contributed by atoms with van der Waals surface area (Å²) in [7, 11) is -4.14. The minimum Gasteiger partial charge on any atom is -0.484 e. The van der Waals surface area contributed by atoms with Crippen molar-refractivity contribution < 1.29 is 32.3 Å². The summed E-state index contributed by atoms with van der Waals surface area (Å²) in [5.41, 5.74) is 0.779. The molecule has 10 nitrogen and oxygen atoms in total. The number of amides is 2. The predicted octanol–water partition coefficient (Wildman–Crippen LogP) is 2.89. The smallest absolute Gasteiger partial charge is 0.357 e. The van der Waals surface area contributed by atoms with Crippen molar-refractivity contribution in [2.75, 3.05) is 13.2 Å². The second-order valence-electron chi connectivity index (χ2n) is 8.34. The molecular formula is C27H29N3O7S. The summed E-state index contributed by atoms with van der Waals surface area (Å²) in [6.07, 6.45) is 1.95. The molecule has 2 amide bonds. The maximum Gasteiger partial charge on any atom is 0.357 e.